The third-order valence-electron chi connectivity index (χ3n) is 3.40. The summed E-state index contributed by atoms with van der Waals surface area (Å²) < 4.78 is 16.2. The number of methoxy groups -OCH3 is 2. The van der Waals surface area contributed by atoms with Crippen LogP contribution in [0.5, 0.6) is 17.2 Å². The summed E-state index contributed by atoms with van der Waals surface area (Å²) in [6.45, 7) is 0.281. The Hall–Kier alpha value is -1.42. The zero-order chi connectivity index (χ0) is 13.0. The molecule has 4 heteroatoms. The molecule has 0 spiro atoms. The van der Waals surface area contributed by atoms with Gasteiger partial charge in [0.25, 0.3) is 0 Å². The van der Waals surface area contributed by atoms with Gasteiger partial charge >= 0.3 is 0 Å². The highest BCUT2D eigenvalue weighted by Gasteiger charge is 2.32. The van der Waals surface area contributed by atoms with Gasteiger partial charge in [0.15, 0.2) is 11.5 Å². The highest BCUT2D eigenvalue weighted by Crippen LogP contribution is 2.38. The normalized spacial score (nSPS) is 17.5. The maximum absolute atomic E-state index is 10.3. The van der Waals surface area contributed by atoms with Crippen LogP contribution in [0.3, 0.4) is 0 Å². The van der Waals surface area contributed by atoms with E-state index in [0.717, 1.165) is 25.7 Å². The highest BCUT2D eigenvalue weighted by atomic mass is 16.5. The van der Waals surface area contributed by atoms with Gasteiger partial charge < -0.3 is 19.3 Å². The van der Waals surface area contributed by atoms with E-state index in [1.54, 1.807) is 14.2 Å². The fourth-order valence-corrected chi connectivity index (χ4v) is 2.34. The van der Waals surface area contributed by atoms with Crippen molar-refractivity contribution < 1.29 is 19.3 Å². The molecule has 0 atom stereocenters. The summed E-state index contributed by atoms with van der Waals surface area (Å²) in [7, 11) is 3.18. The highest BCUT2D eigenvalue weighted by molar-refractivity contribution is 5.51. The van der Waals surface area contributed by atoms with E-state index in [0.29, 0.717) is 17.2 Å². The minimum atomic E-state index is -0.703. The lowest BCUT2D eigenvalue weighted by Gasteiger charge is -2.23. The first-order chi connectivity index (χ1) is 8.68. The van der Waals surface area contributed by atoms with Gasteiger partial charge in [0.1, 0.15) is 6.61 Å². The molecule has 1 aromatic carbocycles. The molecule has 1 N–H and O–H groups in total. The molecule has 0 amide bonds. The molecular weight excluding hydrogens is 232 g/mol. The van der Waals surface area contributed by atoms with Gasteiger partial charge in [-0.3, -0.25) is 0 Å². The number of hydrogen-bond acceptors (Lipinski definition) is 4. The van der Waals surface area contributed by atoms with E-state index in [-0.39, 0.29) is 6.61 Å². The Kier molecular flexibility index (Phi) is 3.97. The van der Waals surface area contributed by atoms with Crippen LogP contribution in [0.25, 0.3) is 0 Å². The third kappa shape index (κ3) is 2.70. The summed E-state index contributed by atoms with van der Waals surface area (Å²) in [6.07, 6.45) is 3.71. The topological polar surface area (TPSA) is 47.9 Å². The van der Waals surface area contributed by atoms with Crippen LogP contribution >= 0.6 is 0 Å². The molecule has 0 heterocycles. The van der Waals surface area contributed by atoms with Gasteiger partial charge in [-0.05, 0) is 25.0 Å². The Balaban J connectivity index is 2.12. The van der Waals surface area contributed by atoms with Crippen molar-refractivity contribution in [3.63, 3.8) is 0 Å². The quantitative estimate of drug-likeness (QED) is 0.874. The lowest BCUT2D eigenvalue weighted by atomic mass is 10.0. The van der Waals surface area contributed by atoms with Crippen LogP contribution in [0.2, 0.25) is 0 Å². The molecule has 0 radical (unpaired) electrons. The Morgan fingerprint density at radius 2 is 1.67 bits per heavy atom. The molecule has 4 nitrogen and oxygen atoms in total. The van der Waals surface area contributed by atoms with Gasteiger partial charge in [0, 0.05) is 0 Å². The zero-order valence-electron chi connectivity index (χ0n) is 10.9. The fraction of sp³-hybridized carbons (Fsp3) is 0.571. The summed E-state index contributed by atoms with van der Waals surface area (Å²) in [4.78, 5) is 0. The molecule has 18 heavy (non-hydrogen) atoms. The molecule has 0 bridgehead atoms. The van der Waals surface area contributed by atoms with E-state index in [4.69, 9.17) is 14.2 Å². The Bertz CT molecular complexity index is 375. The zero-order valence-corrected chi connectivity index (χ0v) is 10.9. The standard InChI is InChI=1S/C14H20O4/c1-16-11-6-5-7-12(17-2)13(11)18-10-14(15)8-3-4-9-14/h5-7,15H,3-4,8-10H2,1-2H3. The monoisotopic (exact) mass is 252 g/mol. The second-order valence-corrected chi connectivity index (χ2v) is 4.71. The molecule has 2 rings (SSSR count). The van der Waals surface area contributed by atoms with E-state index < -0.39 is 5.60 Å². The predicted octanol–water partition coefficient (Wildman–Crippen LogP) is 2.39. The number of ether oxygens (including phenoxy) is 3. The fourth-order valence-electron chi connectivity index (χ4n) is 2.34. The van der Waals surface area contributed by atoms with E-state index in [2.05, 4.69) is 0 Å². The second kappa shape index (κ2) is 5.48. The van der Waals surface area contributed by atoms with Gasteiger partial charge in [0.05, 0.1) is 19.8 Å². The first-order valence-corrected chi connectivity index (χ1v) is 6.25. The number of benzene rings is 1. The number of hydrogen-bond donors (Lipinski definition) is 1. The Morgan fingerprint density at radius 1 is 1.11 bits per heavy atom. The lowest BCUT2D eigenvalue weighted by Crippen LogP contribution is -2.32. The van der Waals surface area contributed by atoms with Gasteiger partial charge in [0.2, 0.25) is 5.75 Å². The summed E-state index contributed by atoms with van der Waals surface area (Å²) in [5, 5.41) is 10.3. The van der Waals surface area contributed by atoms with Crippen LogP contribution in [0.15, 0.2) is 18.2 Å². The van der Waals surface area contributed by atoms with Crippen LogP contribution in [0.4, 0.5) is 0 Å². The summed E-state index contributed by atoms with van der Waals surface area (Å²) >= 11 is 0. The van der Waals surface area contributed by atoms with Crippen molar-refractivity contribution in [2.45, 2.75) is 31.3 Å². The smallest absolute Gasteiger partial charge is 0.203 e. The van der Waals surface area contributed by atoms with Crippen LogP contribution in [0, 0.1) is 0 Å². The molecule has 100 valence electrons. The lowest BCUT2D eigenvalue weighted by molar-refractivity contribution is 0.0000301. The van der Waals surface area contributed by atoms with Crippen LogP contribution < -0.4 is 14.2 Å². The van der Waals surface area contributed by atoms with Crippen molar-refractivity contribution in [2.75, 3.05) is 20.8 Å². The van der Waals surface area contributed by atoms with E-state index >= 15 is 0 Å². The molecule has 0 aromatic heterocycles. The Morgan fingerprint density at radius 3 is 2.17 bits per heavy atom. The predicted molar refractivity (Wildman–Crippen MR) is 68.5 cm³/mol. The van der Waals surface area contributed by atoms with Crippen molar-refractivity contribution in [3.8, 4) is 17.2 Å². The number of aliphatic hydroxyl groups is 1. The van der Waals surface area contributed by atoms with Crippen molar-refractivity contribution in [3.05, 3.63) is 18.2 Å². The summed E-state index contributed by atoms with van der Waals surface area (Å²) in [5.74, 6) is 1.80. The van der Waals surface area contributed by atoms with Crippen molar-refractivity contribution in [1.29, 1.82) is 0 Å². The average Bonchev–Trinajstić information content (AvgIpc) is 2.83. The largest absolute Gasteiger partial charge is 0.493 e. The van der Waals surface area contributed by atoms with E-state index in [9.17, 15) is 5.11 Å². The molecule has 0 unspecified atom stereocenters. The van der Waals surface area contributed by atoms with Crippen molar-refractivity contribution in [2.24, 2.45) is 0 Å². The van der Waals surface area contributed by atoms with Gasteiger partial charge in [-0.1, -0.05) is 18.9 Å². The van der Waals surface area contributed by atoms with Crippen LogP contribution in [0.1, 0.15) is 25.7 Å². The average molecular weight is 252 g/mol. The molecule has 1 saturated carbocycles. The van der Waals surface area contributed by atoms with Gasteiger partial charge in [-0.2, -0.15) is 0 Å². The number of rotatable bonds is 5. The van der Waals surface area contributed by atoms with Crippen molar-refractivity contribution >= 4 is 0 Å². The molecule has 1 aliphatic carbocycles. The number of para-hydroxylation sites is 1. The molecule has 0 saturated heterocycles. The van der Waals surface area contributed by atoms with E-state index in [1.165, 1.54) is 0 Å². The Labute approximate surface area is 107 Å². The second-order valence-electron chi connectivity index (χ2n) is 4.71. The van der Waals surface area contributed by atoms with Gasteiger partial charge in [-0.25, -0.2) is 0 Å². The maximum atomic E-state index is 10.3. The van der Waals surface area contributed by atoms with Crippen LogP contribution in [-0.4, -0.2) is 31.5 Å². The van der Waals surface area contributed by atoms with E-state index in [1.807, 2.05) is 18.2 Å². The summed E-state index contributed by atoms with van der Waals surface area (Å²) in [6, 6.07) is 5.47. The molecule has 1 aromatic rings. The SMILES string of the molecule is COc1cccc(OC)c1OCC1(O)CCCC1. The van der Waals surface area contributed by atoms with Crippen LogP contribution in [-0.2, 0) is 0 Å². The minimum Gasteiger partial charge on any atom is -0.493 e. The molecular formula is C14H20O4. The summed E-state index contributed by atoms with van der Waals surface area (Å²) in [5.41, 5.74) is -0.703. The molecule has 0 aliphatic heterocycles. The maximum Gasteiger partial charge on any atom is 0.203 e. The molecule has 1 fully saturated rings. The minimum absolute atomic E-state index is 0.281. The van der Waals surface area contributed by atoms with Crippen molar-refractivity contribution in [1.82, 2.24) is 0 Å². The molecule has 1 aliphatic rings. The first-order valence-electron chi connectivity index (χ1n) is 6.25. The third-order valence-corrected chi connectivity index (χ3v) is 3.40. The van der Waals surface area contributed by atoms with Gasteiger partial charge in [-0.15, -0.1) is 0 Å². The first kappa shape index (κ1) is 13.0.